The lowest BCUT2D eigenvalue weighted by molar-refractivity contribution is -0.141. The maximum Gasteiger partial charge on any atom is 0.307 e. The van der Waals surface area contributed by atoms with E-state index in [1.165, 1.54) is 19.9 Å². The summed E-state index contributed by atoms with van der Waals surface area (Å²) in [6.07, 6.45) is 0. The summed E-state index contributed by atoms with van der Waals surface area (Å²) >= 11 is 5.90. The molecule has 0 fully saturated rings. The van der Waals surface area contributed by atoms with E-state index in [0.717, 1.165) is 5.56 Å². The lowest BCUT2D eigenvalue weighted by Crippen LogP contribution is -2.40. The molecule has 0 radical (unpaired) electrons. The third kappa shape index (κ3) is 3.92. The number of carbonyl (C=O) groups is 1. The Kier molecular flexibility index (Phi) is 4.95. The second-order valence-electron chi connectivity index (χ2n) is 4.47. The van der Waals surface area contributed by atoms with Crippen molar-refractivity contribution in [2.75, 3.05) is 0 Å². The zero-order chi connectivity index (χ0) is 14.8. The summed E-state index contributed by atoms with van der Waals surface area (Å²) in [7, 11) is -3.83. The van der Waals surface area contributed by atoms with Gasteiger partial charge in [0.05, 0.1) is 10.9 Å². The van der Waals surface area contributed by atoms with Gasteiger partial charge in [0, 0.05) is 6.04 Å². The number of halogens is 1. The molecule has 19 heavy (non-hydrogen) atoms. The van der Waals surface area contributed by atoms with Gasteiger partial charge in [-0.1, -0.05) is 24.6 Å². The first kappa shape index (κ1) is 15.9. The van der Waals surface area contributed by atoms with E-state index in [1.807, 2.05) is 0 Å². The Morgan fingerprint density at radius 3 is 2.42 bits per heavy atom. The van der Waals surface area contributed by atoms with E-state index < -0.39 is 28.0 Å². The van der Waals surface area contributed by atoms with Gasteiger partial charge < -0.3 is 5.11 Å². The highest BCUT2D eigenvalue weighted by Gasteiger charge is 2.26. The van der Waals surface area contributed by atoms with E-state index in [9.17, 15) is 13.2 Å². The van der Waals surface area contributed by atoms with Gasteiger partial charge in [0.2, 0.25) is 10.0 Å². The fourth-order valence-corrected chi connectivity index (χ4v) is 3.37. The minimum atomic E-state index is -3.83. The largest absolute Gasteiger partial charge is 0.481 e. The highest BCUT2D eigenvalue weighted by molar-refractivity contribution is 7.89. The Balaban J connectivity index is 3.02. The van der Waals surface area contributed by atoms with Crippen LogP contribution in [0.2, 0.25) is 5.02 Å². The van der Waals surface area contributed by atoms with Crippen molar-refractivity contribution in [3.05, 3.63) is 28.8 Å². The van der Waals surface area contributed by atoms with Crippen LogP contribution in [0.5, 0.6) is 0 Å². The molecule has 1 aromatic rings. The van der Waals surface area contributed by atoms with Crippen molar-refractivity contribution >= 4 is 27.6 Å². The summed E-state index contributed by atoms with van der Waals surface area (Å²) in [6.45, 7) is 4.73. The van der Waals surface area contributed by atoms with Crippen LogP contribution in [-0.2, 0) is 14.8 Å². The average molecular weight is 306 g/mol. The maximum absolute atomic E-state index is 12.1. The standard InChI is InChI=1S/C12H16ClNO4S/c1-7-4-5-11(10(13)6-7)19(17,18)14-9(3)8(2)12(15)16/h4-6,8-9,14H,1-3H3,(H,15,16). The first-order chi connectivity index (χ1) is 8.65. The predicted octanol–water partition coefficient (Wildman–Crippen LogP) is 2.04. The number of sulfonamides is 1. The molecule has 0 aliphatic heterocycles. The Morgan fingerprint density at radius 1 is 1.37 bits per heavy atom. The number of rotatable bonds is 5. The Bertz CT molecular complexity index is 585. The number of hydrogen-bond donors (Lipinski definition) is 2. The van der Waals surface area contributed by atoms with Crippen molar-refractivity contribution < 1.29 is 18.3 Å². The van der Waals surface area contributed by atoms with Crippen LogP contribution in [0.4, 0.5) is 0 Å². The normalized spacial score (nSPS) is 14.9. The molecule has 2 N–H and O–H groups in total. The van der Waals surface area contributed by atoms with Crippen LogP contribution in [0.3, 0.4) is 0 Å². The van der Waals surface area contributed by atoms with Crippen molar-refractivity contribution in [2.24, 2.45) is 5.92 Å². The molecule has 0 heterocycles. The van der Waals surface area contributed by atoms with Gasteiger partial charge in [-0.3, -0.25) is 4.79 Å². The van der Waals surface area contributed by atoms with Crippen LogP contribution >= 0.6 is 11.6 Å². The van der Waals surface area contributed by atoms with E-state index in [0.29, 0.717) is 0 Å². The zero-order valence-corrected chi connectivity index (χ0v) is 12.4. The van der Waals surface area contributed by atoms with E-state index in [1.54, 1.807) is 19.1 Å². The van der Waals surface area contributed by atoms with Crippen molar-refractivity contribution in [1.82, 2.24) is 4.72 Å². The van der Waals surface area contributed by atoms with Gasteiger partial charge in [-0.2, -0.15) is 0 Å². The van der Waals surface area contributed by atoms with Crippen LogP contribution < -0.4 is 4.72 Å². The Labute approximate surface area is 117 Å². The molecular formula is C12H16ClNO4S. The van der Waals surface area contributed by atoms with E-state index in [2.05, 4.69) is 4.72 Å². The average Bonchev–Trinajstić information content (AvgIpc) is 2.26. The van der Waals surface area contributed by atoms with Crippen LogP contribution in [0.25, 0.3) is 0 Å². The van der Waals surface area contributed by atoms with E-state index in [4.69, 9.17) is 16.7 Å². The minimum Gasteiger partial charge on any atom is -0.481 e. The van der Waals surface area contributed by atoms with Gasteiger partial charge >= 0.3 is 5.97 Å². The summed E-state index contributed by atoms with van der Waals surface area (Å²) in [4.78, 5) is 10.8. The molecule has 0 aliphatic rings. The fourth-order valence-electron chi connectivity index (χ4n) is 1.45. The molecule has 0 saturated carbocycles. The van der Waals surface area contributed by atoms with Gasteiger partial charge in [0.25, 0.3) is 0 Å². The summed E-state index contributed by atoms with van der Waals surface area (Å²) in [5.41, 5.74) is 0.843. The number of benzene rings is 1. The molecule has 0 spiro atoms. The van der Waals surface area contributed by atoms with Crippen molar-refractivity contribution in [2.45, 2.75) is 31.7 Å². The SMILES string of the molecule is Cc1ccc(S(=O)(=O)NC(C)C(C)C(=O)O)c(Cl)c1. The monoisotopic (exact) mass is 305 g/mol. The zero-order valence-electron chi connectivity index (χ0n) is 10.8. The number of carboxylic acids is 1. The van der Waals surface area contributed by atoms with Crippen LogP contribution in [0, 0.1) is 12.8 Å². The first-order valence-electron chi connectivity index (χ1n) is 5.66. The second kappa shape index (κ2) is 5.90. The van der Waals surface area contributed by atoms with Crippen LogP contribution in [0.15, 0.2) is 23.1 Å². The molecule has 5 nitrogen and oxygen atoms in total. The number of carboxylic acid groups (broad SMARTS) is 1. The highest BCUT2D eigenvalue weighted by Crippen LogP contribution is 2.23. The number of aryl methyl sites for hydroxylation is 1. The summed E-state index contributed by atoms with van der Waals surface area (Å²) in [6, 6.07) is 3.84. The van der Waals surface area contributed by atoms with Gasteiger partial charge in [0.1, 0.15) is 4.90 Å². The van der Waals surface area contributed by atoms with Crippen molar-refractivity contribution in [3.8, 4) is 0 Å². The molecule has 2 atom stereocenters. The maximum atomic E-state index is 12.1. The number of nitrogens with one attached hydrogen (secondary N) is 1. The topological polar surface area (TPSA) is 83.5 Å². The molecular weight excluding hydrogens is 290 g/mol. The molecule has 0 bridgehead atoms. The molecule has 1 aromatic carbocycles. The molecule has 0 saturated heterocycles. The molecule has 2 unspecified atom stereocenters. The van der Waals surface area contributed by atoms with Crippen LogP contribution in [0.1, 0.15) is 19.4 Å². The molecule has 0 aromatic heterocycles. The third-order valence-corrected chi connectivity index (χ3v) is 4.90. The Morgan fingerprint density at radius 2 is 1.95 bits per heavy atom. The fraction of sp³-hybridized carbons (Fsp3) is 0.417. The summed E-state index contributed by atoms with van der Waals surface area (Å²) in [5.74, 6) is -1.90. The third-order valence-electron chi connectivity index (χ3n) is 2.86. The smallest absolute Gasteiger partial charge is 0.307 e. The van der Waals surface area contributed by atoms with Gasteiger partial charge in [-0.25, -0.2) is 13.1 Å². The highest BCUT2D eigenvalue weighted by atomic mass is 35.5. The van der Waals surface area contributed by atoms with Crippen molar-refractivity contribution in [1.29, 1.82) is 0 Å². The Hall–Kier alpha value is -1.11. The summed E-state index contributed by atoms with van der Waals surface area (Å²) < 4.78 is 26.5. The minimum absolute atomic E-state index is 0.0517. The summed E-state index contributed by atoms with van der Waals surface area (Å²) in [5, 5.41) is 8.96. The molecule has 106 valence electrons. The van der Waals surface area contributed by atoms with Crippen molar-refractivity contribution in [3.63, 3.8) is 0 Å². The first-order valence-corrected chi connectivity index (χ1v) is 7.52. The van der Waals surface area contributed by atoms with E-state index >= 15 is 0 Å². The number of hydrogen-bond acceptors (Lipinski definition) is 3. The van der Waals surface area contributed by atoms with Gasteiger partial charge in [-0.15, -0.1) is 0 Å². The van der Waals surface area contributed by atoms with E-state index in [-0.39, 0.29) is 9.92 Å². The molecule has 0 aliphatic carbocycles. The molecule has 7 heteroatoms. The lowest BCUT2D eigenvalue weighted by Gasteiger charge is -2.18. The van der Waals surface area contributed by atoms with Gasteiger partial charge in [0.15, 0.2) is 0 Å². The second-order valence-corrected chi connectivity index (χ2v) is 6.56. The van der Waals surface area contributed by atoms with Gasteiger partial charge in [-0.05, 0) is 31.5 Å². The number of aliphatic carboxylic acids is 1. The quantitative estimate of drug-likeness (QED) is 0.872. The van der Waals surface area contributed by atoms with Crippen LogP contribution in [-0.4, -0.2) is 25.5 Å². The molecule has 0 amide bonds. The predicted molar refractivity (Wildman–Crippen MR) is 72.8 cm³/mol. The molecule has 1 rings (SSSR count). The lowest BCUT2D eigenvalue weighted by atomic mass is 10.1.